The van der Waals surface area contributed by atoms with Gasteiger partial charge in [-0.1, -0.05) is 218 Å². The minimum Gasteiger partial charge on any atom is -0.508 e. The Labute approximate surface area is 589 Å². The lowest BCUT2D eigenvalue weighted by molar-refractivity contribution is -0.295. The third kappa shape index (κ3) is 56.7. The van der Waals surface area contributed by atoms with Crippen molar-refractivity contribution in [2.75, 3.05) is 50.4 Å². The standard InChI is InChI=1S/C18H30N2O6.C15H22O3.C15H24O2.C11H16.C10H14O.12CH4/c1-14(2)22-9-10-24-18(21)20-17-7-5-16(6-8-17)19-13-26-25-12-11-23-15(3)4;1-6-11(2)12-7-9-13(10-8-12)17-14(16)18-15(3,4)5;1-5-12(4)13-8-10-14(11-9-13)17-15(6-2)16-7-3;1-4-10(3)11-7-5-9(2)6-8-11;1-3-8(2)9-4-6-10(11)7-5-9;;;;;;;;;;;;/h5-8,14-15,19H,9-13H2,1-4H3,(H,20,21);7-11H,6H2,1-5H3;8-12,15H,5-7H2,1-4H3;5-8,10H,4H2,1-3H3;4-8,11H,3H2,1-2H3;12*1H4. The summed E-state index contributed by atoms with van der Waals surface area (Å²) in [6.45, 7) is 39.3. The lowest BCUT2D eigenvalue weighted by atomic mass is 9.98. The van der Waals surface area contributed by atoms with Crippen molar-refractivity contribution in [3.63, 3.8) is 0 Å². The van der Waals surface area contributed by atoms with Gasteiger partial charge in [-0.2, -0.15) is 0 Å². The first-order chi connectivity index (χ1) is 39.5. The van der Waals surface area contributed by atoms with Gasteiger partial charge in [0.05, 0.1) is 25.4 Å². The summed E-state index contributed by atoms with van der Waals surface area (Å²) < 4.78 is 37.0. The molecule has 0 bridgehead atoms. The van der Waals surface area contributed by atoms with Crippen molar-refractivity contribution in [2.45, 2.75) is 294 Å². The number of phenolic OH excluding ortho intramolecular Hbond substituents is 1. The number of ether oxygens (including phenoxy) is 7. The van der Waals surface area contributed by atoms with Crippen molar-refractivity contribution < 1.29 is 57.6 Å². The third-order valence-electron chi connectivity index (χ3n) is 12.9. The van der Waals surface area contributed by atoms with E-state index < -0.39 is 17.8 Å². The van der Waals surface area contributed by atoms with Gasteiger partial charge in [-0.15, -0.1) is 0 Å². The molecule has 0 aromatic heterocycles. The largest absolute Gasteiger partial charge is 0.514 e. The molecule has 0 aliphatic heterocycles. The second-order valence-electron chi connectivity index (χ2n) is 21.8. The second-order valence-corrected chi connectivity index (χ2v) is 21.8. The molecular weight excluding hydrogens is 1190 g/mol. The number of aryl methyl sites for hydroxylation is 1. The van der Waals surface area contributed by atoms with E-state index >= 15 is 0 Å². The number of amides is 1. The summed E-state index contributed by atoms with van der Waals surface area (Å²) in [5, 5.41) is 14.7. The predicted octanol–water partition coefficient (Wildman–Crippen LogP) is 26.3. The summed E-state index contributed by atoms with van der Waals surface area (Å²) in [7, 11) is 0. The summed E-state index contributed by atoms with van der Waals surface area (Å²) in [6, 6.07) is 39.3. The zero-order valence-corrected chi connectivity index (χ0v) is 53.8. The average Bonchev–Trinajstić information content (AvgIpc) is 2.10. The van der Waals surface area contributed by atoms with Crippen LogP contribution in [0.15, 0.2) is 121 Å². The van der Waals surface area contributed by atoms with Crippen LogP contribution in [-0.2, 0) is 33.5 Å². The predicted molar refractivity (Wildman–Crippen MR) is 420 cm³/mol. The number of anilines is 2. The molecule has 5 atom stereocenters. The SMILES string of the molecule is C.C.C.C.C.C.C.C.C.C.C.C.CC(C)OCCOOCNc1ccc(NC(=O)OCCOC(C)C)cc1.CCC(C)c1ccc(C)cc1.CCC(C)c1ccc(O)cc1.CCC(C)c1ccc(OC(=O)OC(C)(C)C)cc1.CCOC(CC)Oc1ccc(C(C)CC)cc1. The number of hydrogen-bond donors (Lipinski definition) is 3. The molecule has 0 saturated heterocycles. The minimum atomic E-state index is -0.668. The highest BCUT2D eigenvalue weighted by Crippen LogP contribution is 2.25. The summed E-state index contributed by atoms with van der Waals surface area (Å²) in [5.74, 6) is 4.16. The van der Waals surface area contributed by atoms with Gasteiger partial charge in [0.15, 0.2) is 13.0 Å². The molecule has 5 aromatic rings. The lowest BCUT2D eigenvalue weighted by Gasteiger charge is -2.18. The Bertz CT molecular complexity index is 2340. The Balaban J connectivity index is -0.0000000905. The van der Waals surface area contributed by atoms with Gasteiger partial charge < -0.3 is 43.6 Å². The number of hydrogen-bond acceptors (Lipinski definition) is 13. The van der Waals surface area contributed by atoms with Crippen LogP contribution in [0.25, 0.3) is 0 Å². The average molecular weight is 1350 g/mol. The fourth-order valence-electron chi connectivity index (χ4n) is 7.09. The van der Waals surface area contributed by atoms with Gasteiger partial charge in [-0.25, -0.2) is 19.4 Å². The maximum Gasteiger partial charge on any atom is 0.514 e. The molecule has 14 nitrogen and oxygen atoms in total. The Hall–Kier alpha value is -6.16. The van der Waals surface area contributed by atoms with Crippen LogP contribution in [-0.4, -0.2) is 81.2 Å². The summed E-state index contributed by atoms with van der Waals surface area (Å²) >= 11 is 0. The number of carbonyl (C=O) groups excluding carboxylic acids is 2. The Morgan fingerprint density at radius 3 is 1.18 bits per heavy atom. The monoisotopic (exact) mass is 1350 g/mol. The molecule has 5 unspecified atom stereocenters. The molecule has 5 rings (SSSR count). The molecule has 0 aliphatic carbocycles. The number of nitrogens with one attached hydrogen (secondary N) is 2. The molecular formula is C81H154N2O12. The minimum absolute atomic E-state index is 0. The van der Waals surface area contributed by atoms with E-state index in [1.54, 1.807) is 57.2 Å². The quantitative estimate of drug-likeness (QED) is 0.0114. The molecule has 0 spiro atoms. The number of aromatic hydroxyl groups is 1. The molecule has 1 amide bonds. The van der Waals surface area contributed by atoms with Gasteiger partial charge in [0.1, 0.15) is 36.1 Å². The van der Waals surface area contributed by atoms with Crippen molar-refractivity contribution >= 4 is 23.6 Å². The summed E-state index contributed by atoms with van der Waals surface area (Å²) in [5.41, 5.74) is 7.64. The van der Waals surface area contributed by atoms with E-state index in [0.717, 1.165) is 37.1 Å². The van der Waals surface area contributed by atoms with Crippen LogP contribution in [0.3, 0.4) is 0 Å². The number of carbonyl (C=O) groups is 2. The van der Waals surface area contributed by atoms with Crippen LogP contribution in [0.5, 0.6) is 17.2 Å². The van der Waals surface area contributed by atoms with Crippen LogP contribution in [0, 0.1) is 6.92 Å². The molecule has 0 heterocycles. The molecule has 14 heteroatoms. The molecule has 0 radical (unpaired) electrons. The number of rotatable bonds is 27. The van der Waals surface area contributed by atoms with Gasteiger partial charge in [-0.3, -0.25) is 5.32 Å². The summed E-state index contributed by atoms with van der Waals surface area (Å²) in [4.78, 5) is 33.1. The van der Waals surface area contributed by atoms with Gasteiger partial charge in [-0.05, 0) is 195 Å². The molecule has 3 N–H and O–H groups in total. The smallest absolute Gasteiger partial charge is 0.508 e. The van der Waals surface area contributed by atoms with E-state index in [9.17, 15) is 9.59 Å². The first kappa shape index (κ1) is 116. The lowest BCUT2D eigenvalue weighted by Crippen LogP contribution is -2.25. The maximum absolute atomic E-state index is 11.6. The van der Waals surface area contributed by atoms with Crippen molar-refractivity contribution in [1.82, 2.24) is 0 Å². The van der Waals surface area contributed by atoms with Crippen molar-refractivity contribution in [2.24, 2.45) is 0 Å². The first-order valence-corrected chi connectivity index (χ1v) is 30.0. The molecule has 5 aromatic carbocycles. The van der Waals surface area contributed by atoms with Crippen LogP contribution in [0.1, 0.15) is 290 Å². The molecule has 560 valence electrons. The van der Waals surface area contributed by atoms with E-state index in [-0.39, 0.29) is 121 Å². The van der Waals surface area contributed by atoms with Crippen LogP contribution in [0.2, 0.25) is 0 Å². The molecule has 0 saturated carbocycles. The second kappa shape index (κ2) is 67.8. The Morgan fingerprint density at radius 2 is 0.811 bits per heavy atom. The van der Waals surface area contributed by atoms with E-state index in [2.05, 4.69) is 116 Å². The van der Waals surface area contributed by atoms with E-state index in [0.29, 0.717) is 67.3 Å². The van der Waals surface area contributed by atoms with E-state index in [1.165, 1.54) is 34.2 Å². The zero-order chi connectivity index (χ0) is 62.2. The van der Waals surface area contributed by atoms with Crippen molar-refractivity contribution in [3.8, 4) is 17.2 Å². The first-order valence-electron chi connectivity index (χ1n) is 30.0. The molecule has 0 fully saturated rings. The van der Waals surface area contributed by atoms with Crippen molar-refractivity contribution in [1.29, 1.82) is 0 Å². The molecule has 0 aliphatic rings. The number of phenols is 1. The van der Waals surface area contributed by atoms with Crippen LogP contribution < -0.4 is 20.1 Å². The van der Waals surface area contributed by atoms with E-state index in [1.807, 2.05) is 83.1 Å². The normalized spacial score (nSPS) is 11.0. The highest BCUT2D eigenvalue weighted by Gasteiger charge is 2.18. The third-order valence-corrected chi connectivity index (χ3v) is 12.9. The Morgan fingerprint density at radius 1 is 0.442 bits per heavy atom. The van der Waals surface area contributed by atoms with Gasteiger partial charge >= 0.3 is 12.2 Å². The van der Waals surface area contributed by atoms with Crippen LogP contribution >= 0.6 is 0 Å². The van der Waals surface area contributed by atoms with Gasteiger partial charge in [0, 0.05) is 24.4 Å². The van der Waals surface area contributed by atoms with E-state index in [4.69, 9.17) is 48.0 Å². The Kier molecular flexibility index (Phi) is 82.9. The summed E-state index contributed by atoms with van der Waals surface area (Å²) in [6.07, 6.45) is 4.46. The van der Waals surface area contributed by atoms with Gasteiger partial charge in [0.25, 0.3) is 0 Å². The topological polar surface area (TPSA) is 161 Å². The molecule has 95 heavy (non-hydrogen) atoms. The highest BCUT2D eigenvalue weighted by molar-refractivity contribution is 5.84. The van der Waals surface area contributed by atoms with Gasteiger partial charge in [0.2, 0.25) is 0 Å². The maximum atomic E-state index is 11.6. The van der Waals surface area contributed by atoms with Crippen molar-refractivity contribution in [3.05, 3.63) is 149 Å². The fraction of sp³-hybridized carbons (Fsp3) is 0.605. The zero-order valence-electron chi connectivity index (χ0n) is 53.8. The van der Waals surface area contributed by atoms with Crippen LogP contribution in [0.4, 0.5) is 21.0 Å². The number of benzene rings is 5. The highest BCUT2D eigenvalue weighted by atomic mass is 17.2. The fourth-order valence-corrected chi connectivity index (χ4v) is 7.09.